The standard InChI is InChI=1S/C20H25N3O3/c1-3-22(4-2)17-9-7-16(8-10-17)21-20(25)15-12-19(24)23(13-15)14-18-6-5-11-26-18/h5-11,15H,3-4,12-14H2,1-2H3,(H,21,25)/t15-/m0/s1. The first-order chi connectivity index (χ1) is 12.6. The fourth-order valence-electron chi connectivity index (χ4n) is 3.28. The van der Waals surface area contributed by atoms with E-state index in [4.69, 9.17) is 4.42 Å². The number of carbonyl (C=O) groups is 2. The van der Waals surface area contributed by atoms with Gasteiger partial charge in [-0.1, -0.05) is 0 Å². The van der Waals surface area contributed by atoms with Crippen LogP contribution in [-0.2, 0) is 16.1 Å². The summed E-state index contributed by atoms with van der Waals surface area (Å²) < 4.78 is 5.29. The maximum atomic E-state index is 12.5. The fraction of sp³-hybridized carbons (Fsp3) is 0.400. The molecule has 1 aliphatic rings. The van der Waals surface area contributed by atoms with Gasteiger partial charge in [-0.15, -0.1) is 0 Å². The summed E-state index contributed by atoms with van der Waals surface area (Å²) in [5.74, 6) is 0.264. The van der Waals surface area contributed by atoms with Crippen molar-refractivity contribution in [3.63, 3.8) is 0 Å². The number of likely N-dealkylation sites (tertiary alicyclic amines) is 1. The van der Waals surface area contributed by atoms with E-state index in [2.05, 4.69) is 24.1 Å². The van der Waals surface area contributed by atoms with Crippen molar-refractivity contribution in [3.8, 4) is 0 Å². The normalized spacial score (nSPS) is 16.8. The fourth-order valence-corrected chi connectivity index (χ4v) is 3.28. The quantitative estimate of drug-likeness (QED) is 0.829. The van der Waals surface area contributed by atoms with Crippen molar-refractivity contribution in [3.05, 3.63) is 48.4 Å². The number of anilines is 2. The van der Waals surface area contributed by atoms with E-state index in [9.17, 15) is 9.59 Å². The summed E-state index contributed by atoms with van der Waals surface area (Å²) in [5, 5.41) is 2.93. The first kappa shape index (κ1) is 18.0. The monoisotopic (exact) mass is 355 g/mol. The van der Waals surface area contributed by atoms with Gasteiger partial charge in [0.2, 0.25) is 11.8 Å². The van der Waals surface area contributed by atoms with E-state index >= 15 is 0 Å². The van der Waals surface area contributed by atoms with Crippen LogP contribution in [0, 0.1) is 5.92 Å². The topological polar surface area (TPSA) is 65.8 Å². The Hall–Kier alpha value is -2.76. The van der Waals surface area contributed by atoms with Gasteiger partial charge in [0.1, 0.15) is 5.76 Å². The number of benzene rings is 1. The molecule has 0 spiro atoms. The molecule has 0 bridgehead atoms. The van der Waals surface area contributed by atoms with Gasteiger partial charge in [0.05, 0.1) is 18.7 Å². The lowest BCUT2D eigenvalue weighted by atomic mass is 10.1. The number of carbonyl (C=O) groups excluding carboxylic acids is 2. The predicted octanol–water partition coefficient (Wildman–Crippen LogP) is 3.11. The zero-order valence-electron chi connectivity index (χ0n) is 15.3. The second-order valence-corrected chi connectivity index (χ2v) is 6.46. The molecule has 2 aromatic rings. The number of nitrogens with one attached hydrogen (secondary N) is 1. The molecule has 1 saturated heterocycles. The molecular formula is C20H25N3O3. The maximum absolute atomic E-state index is 12.5. The molecule has 1 atom stereocenters. The summed E-state index contributed by atoms with van der Waals surface area (Å²) in [6.45, 7) is 6.95. The summed E-state index contributed by atoms with van der Waals surface area (Å²) in [4.78, 5) is 28.6. The van der Waals surface area contributed by atoms with Crippen LogP contribution in [0.4, 0.5) is 11.4 Å². The highest BCUT2D eigenvalue weighted by atomic mass is 16.3. The van der Waals surface area contributed by atoms with Gasteiger partial charge in [0.15, 0.2) is 0 Å². The number of nitrogens with zero attached hydrogens (tertiary/aromatic N) is 2. The van der Waals surface area contributed by atoms with Gasteiger partial charge >= 0.3 is 0 Å². The number of furan rings is 1. The van der Waals surface area contributed by atoms with Gasteiger partial charge in [-0.3, -0.25) is 9.59 Å². The van der Waals surface area contributed by atoms with Crippen molar-refractivity contribution < 1.29 is 14.0 Å². The average molecular weight is 355 g/mol. The molecule has 1 N–H and O–H groups in total. The number of rotatable bonds is 7. The smallest absolute Gasteiger partial charge is 0.229 e. The highest BCUT2D eigenvalue weighted by Crippen LogP contribution is 2.23. The molecule has 1 aromatic carbocycles. The Bertz CT molecular complexity index is 736. The van der Waals surface area contributed by atoms with Crippen LogP contribution in [0.15, 0.2) is 47.1 Å². The Kier molecular flexibility index (Phi) is 5.61. The number of hydrogen-bond acceptors (Lipinski definition) is 4. The third kappa shape index (κ3) is 4.07. The molecular weight excluding hydrogens is 330 g/mol. The second kappa shape index (κ2) is 8.08. The molecule has 0 aliphatic carbocycles. The summed E-state index contributed by atoms with van der Waals surface area (Å²) >= 11 is 0. The van der Waals surface area contributed by atoms with Crippen LogP contribution in [0.5, 0.6) is 0 Å². The highest BCUT2D eigenvalue weighted by molar-refractivity contribution is 5.97. The number of amides is 2. The molecule has 1 aromatic heterocycles. The van der Waals surface area contributed by atoms with Gasteiger partial charge in [0.25, 0.3) is 0 Å². The minimum absolute atomic E-state index is 0.0153. The molecule has 0 saturated carbocycles. The van der Waals surface area contributed by atoms with Crippen molar-refractivity contribution >= 4 is 23.2 Å². The predicted molar refractivity (Wildman–Crippen MR) is 101 cm³/mol. The van der Waals surface area contributed by atoms with Gasteiger partial charge < -0.3 is 19.5 Å². The van der Waals surface area contributed by atoms with Gasteiger partial charge in [-0.25, -0.2) is 0 Å². The molecule has 1 aliphatic heterocycles. The first-order valence-electron chi connectivity index (χ1n) is 9.06. The van der Waals surface area contributed by atoms with Crippen LogP contribution >= 0.6 is 0 Å². The lowest BCUT2D eigenvalue weighted by Gasteiger charge is -2.21. The molecule has 2 amide bonds. The molecule has 0 unspecified atom stereocenters. The summed E-state index contributed by atoms with van der Waals surface area (Å²) in [5.41, 5.74) is 1.89. The molecule has 6 nitrogen and oxygen atoms in total. The summed E-state index contributed by atoms with van der Waals surface area (Å²) in [7, 11) is 0. The van der Waals surface area contributed by atoms with Crippen LogP contribution < -0.4 is 10.2 Å². The molecule has 138 valence electrons. The average Bonchev–Trinajstić information content (AvgIpc) is 3.28. The SMILES string of the molecule is CCN(CC)c1ccc(NC(=O)[C@H]2CC(=O)N(Cc3ccco3)C2)cc1. The minimum atomic E-state index is -0.333. The minimum Gasteiger partial charge on any atom is -0.467 e. The van der Waals surface area contributed by atoms with E-state index in [1.807, 2.05) is 30.3 Å². The van der Waals surface area contributed by atoms with Gasteiger partial charge in [0, 0.05) is 37.4 Å². The Labute approximate surface area is 153 Å². The Balaban J connectivity index is 1.57. The van der Waals surface area contributed by atoms with Crippen molar-refractivity contribution in [1.29, 1.82) is 0 Å². The van der Waals surface area contributed by atoms with Gasteiger partial charge in [-0.05, 0) is 50.2 Å². The Morgan fingerprint density at radius 3 is 2.58 bits per heavy atom. The van der Waals surface area contributed by atoms with E-state index in [1.54, 1.807) is 17.2 Å². The molecule has 3 rings (SSSR count). The lowest BCUT2D eigenvalue weighted by Crippen LogP contribution is -2.28. The van der Waals surface area contributed by atoms with Crippen LogP contribution in [0.1, 0.15) is 26.0 Å². The maximum Gasteiger partial charge on any atom is 0.229 e. The summed E-state index contributed by atoms with van der Waals surface area (Å²) in [6.07, 6.45) is 1.83. The van der Waals surface area contributed by atoms with E-state index in [1.165, 1.54) is 0 Å². The van der Waals surface area contributed by atoms with Crippen molar-refractivity contribution in [2.24, 2.45) is 5.92 Å². The van der Waals surface area contributed by atoms with Crippen molar-refractivity contribution in [1.82, 2.24) is 4.90 Å². The first-order valence-corrected chi connectivity index (χ1v) is 9.06. The Morgan fingerprint density at radius 2 is 1.96 bits per heavy atom. The van der Waals surface area contributed by atoms with Crippen LogP contribution in [-0.4, -0.2) is 36.3 Å². The third-order valence-corrected chi connectivity index (χ3v) is 4.78. The zero-order chi connectivity index (χ0) is 18.5. The van der Waals surface area contributed by atoms with E-state index < -0.39 is 0 Å². The lowest BCUT2D eigenvalue weighted by molar-refractivity contribution is -0.128. The van der Waals surface area contributed by atoms with Crippen molar-refractivity contribution in [2.45, 2.75) is 26.8 Å². The van der Waals surface area contributed by atoms with Crippen molar-refractivity contribution in [2.75, 3.05) is 29.9 Å². The molecule has 0 radical (unpaired) electrons. The number of hydrogen-bond donors (Lipinski definition) is 1. The molecule has 1 fully saturated rings. The molecule has 6 heteroatoms. The van der Waals surface area contributed by atoms with Crippen LogP contribution in [0.3, 0.4) is 0 Å². The highest BCUT2D eigenvalue weighted by Gasteiger charge is 2.34. The van der Waals surface area contributed by atoms with Crippen LogP contribution in [0.25, 0.3) is 0 Å². The summed E-state index contributed by atoms with van der Waals surface area (Å²) in [6, 6.07) is 11.4. The van der Waals surface area contributed by atoms with E-state index in [0.717, 1.165) is 30.2 Å². The Morgan fingerprint density at radius 1 is 1.23 bits per heavy atom. The molecule has 2 heterocycles. The second-order valence-electron chi connectivity index (χ2n) is 6.46. The van der Waals surface area contributed by atoms with E-state index in [-0.39, 0.29) is 24.2 Å². The molecule has 26 heavy (non-hydrogen) atoms. The third-order valence-electron chi connectivity index (χ3n) is 4.78. The zero-order valence-corrected chi connectivity index (χ0v) is 15.3. The largest absolute Gasteiger partial charge is 0.467 e. The van der Waals surface area contributed by atoms with Gasteiger partial charge in [-0.2, -0.15) is 0 Å². The van der Waals surface area contributed by atoms with Crippen LogP contribution in [0.2, 0.25) is 0 Å². The van der Waals surface area contributed by atoms with E-state index in [0.29, 0.717) is 13.1 Å².